The molecule has 1 amide bonds. The minimum Gasteiger partial charge on any atom is -0.493 e. The van der Waals surface area contributed by atoms with E-state index in [4.69, 9.17) is 27.2 Å². The zero-order valence-corrected chi connectivity index (χ0v) is 12.2. The molecule has 0 saturated heterocycles. The second-order valence-corrected chi connectivity index (χ2v) is 5.09. The van der Waals surface area contributed by atoms with Gasteiger partial charge in [-0.3, -0.25) is 4.79 Å². The highest BCUT2D eigenvalue weighted by molar-refractivity contribution is 6.33. The lowest BCUT2D eigenvalue weighted by Crippen LogP contribution is -2.49. The van der Waals surface area contributed by atoms with Gasteiger partial charge in [0.25, 0.3) is 5.91 Å². The van der Waals surface area contributed by atoms with Gasteiger partial charge in [0.15, 0.2) is 0 Å². The van der Waals surface area contributed by atoms with Gasteiger partial charge in [0.05, 0.1) is 22.9 Å². The van der Waals surface area contributed by atoms with E-state index >= 15 is 0 Å². The van der Waals surface area contributed by atoms with Gasteiger partial charge >= 0.3 is 5.97 Å². The van der Waals surface area contributed by atoms with Crippen LogP contribution in [0.1, 0.15) is 31.1 Å². The van der Waals surface area contributed by atoms with E-state index in [1.807, 2.05) is 0 Å². The van der Waals surface area contributed by atoms with Crippen molar-refractivity contribution < 1.29 is 19.4 Å². The first kappa shape index (κ1) is 16.1. The number of benzene rings is 1. The van der Waals surface area contributed by atoms with Crippen molar-refractivity contribution in [1.82, 2.24) is 5.32 Å². The Hall–Kier alpha value is -1.95. The van der Waals surface area contributed by atoms with Gasteiger partial charge in [-0.15, -0.1) is 0 Å². The second kappa shape index (κ2) is 6.00. The van der Waals surface area contributed by atoms with Crippen molar-refractivity contribution in [1.29, 1.82) is 0 Å². The van der Waals surface area contributed by atoms with E-state index in [0.29, 0.717) is 6.61 Å². The summed E-state index contributed by atoms with van der Waals surface area (Å²) in [4.78, 5) is 23.2. The van der Waals surface area contributed by atoms with E-state index in [0.717, 1.165) is 0 Å². The molecule has 0 atom stereocenters. The molecule has 0 unspecified atom stereocenters. The Morgan fingerprint density at radius 1 is 1.45 bits per heavy atom. The minimum absolute atomic E-state index is 0.139. The molecule has 1 aromatic rings. The molecule has 0 radical (unpaired) electrons. The molecule has 0 aliphatic carbocycles. The number of carbonyl (C=O) groups excluding carboxylic acids is 1. The molecule has 6 nitrogen and oxygen atoms in total. The molecule has 0 fully saturated rings. The van der Waals surface area contributed by atoms with Crippen LogP contribution in [-0.4, -0.2) is 29.1 Å². The number of carboxylic acids is 1. The monoisotopic (exact) mass is 300 g/mol. The summed E-state index contributed by atoms with van der Waals surface area (Å²) in [6.45, 7) is 4.86. The van der Waals surface area contributed by atoms with Crippen molar-refractivity contribution in [2.75, 3.05) is 12.3 Å². The smallest absolute Gasteiger partial charge is 0.328 e. The first-order valence-electron chi connectivity index (χ1n) is 5.96. The molecule has 0 aliphatic heterocycles. The fraction of sp³-hybridized carbons (Fsp3) is 0.385. The van der Waals surface area contributed by atoms with Crippen LogP contribution in [0.2, 0.25) is 5.02 Å². The lowest BCUT2D eigenvalue weighted by Gasteiger charge is -2.22. The topological polar surface area (TPSA) is 102 Å². The number of halogens is 1. The number of ether oxygens (including phenoxy) is 1. The molecule has 0 bridgehead atoms. The maximum Gasteiger partial charge on any atom is 0.328 e. The summed E-state index contributed by atoms with van der Waals surface area (Å²) in [6, 6.07) is 2.80. The van der Waals surface area contributed by atoms with Gasteiger partial charge < -0.3 is 20.9 Å². The number of hydrogen-bond donors (Lipinski definition) is 3. The predicted molar refractivity (Wildman–Crippen MR) is 76.2 cm³/mol. The van der Waals surface area contributed by atoms with E-state index in [1.165, 1.54) is 26.0 Å². The summed E-state index contributed by atoms with van der Waals surface area (Å²) < 4.78 is 5.32. The third-order valence-electron chi connectivity index (χ3n) is 2.60. The lowest BCUT2D eigenvalue weighted by atomic mass is 10.0. The van der Waals surface area contributed by atoms with Gasteiger partial charge in [-0.25, -0.2) is 4.79 Å². The van der Waals surface area contributed by atoms with Gasteiger partial charge in [-0.2, -0.15) is 0 Å². The van der Waals surface area contributed by atoms with Crippen LogP contribution in [0, 0.1) is 0 Å². The zero-order valence-electron chi connectivity index (χ0n) is 11.5. The number of carboxylic acid groups (broad SMARTS) is 1. The maximum absolute atomic E-state index is 12.2. The van der Waals surface area contributed by atoms with Crippen LogP contribution in [-0.2, 0) is 4.79 Å². The highest BCUT2D eigenvalue weighted by Gasteiger charge is 2.30. The van der Waals surface area contributed by atoms with Gasteiger partial charge in [0.2, 0.25) is 0 Å². The maximum atomic E-state index is 12.2. The standard InChI is InChI=1S/C13H17ClN2O4/c1-4-20-10-6-9(15)8(14)5-7(10)11(17)16-13(2,3)12(18)19/h5-6H,4,15H2,1-3H3,(H,16,17)(H,18,19). The number of anilines is 1. The van der Waals surface area contributed by atoms with Crippen molar-refractivity contribution in [3.63, 3.8) is 0 Å². The molecule has 1 rings (SSSR count). The Labute approximate surface area is 121 Å². The van der Waals surface area contributed by atoms with Crippen LogP contribution in [0.3, 0.4) is 0 Å². The molecule has 0 spiro atoms. The molecule has 20 heavy (non-hydrogen) atoms. The molecule has 110 valence electrons. The van der Waals surface area contributed by atoms with E-state index in [1.54, 1.807) is 6.92 Å². The van der Waals surface area contributed by atoms with Crippen LogP contribution in [0.15, 0.2) is 12.1 Å². The molecule has 0 aromatic heterocycles. The number of hydrogen-bond acceptors (Lipinski definition) is 4. The third-order valence-corrected chi connectivity index (χ3v) is 2.93. The first-order valence-corrected chi connectivity index (χ1v) is 6.34. The van der Waals surface area contributed by atoms with E-state index < -0.39 is 17.4 Å². The van der Waals surface area contributed by atoms with Crippen molar-refractivity contribution in [3.05, 3.63) is 22.7 Å². The Morgan fingerprint density at radius 3 is 2.55 bits per heavy atom. The third kappa shape index (κ3) is 3.54. The molecule has 4 N–H and O–H groups in total. The van der Waals surface area contributed by atoms with Crippen molar-refractivity contribution in [3.8, 4) is 5.75 Å². The zero-order chi connectivity index (χ0) is 15.5. The van der Waals surface area contributed by atoms with E-state index in [9.17, 15) is 9.59 Å². The first-order chi connectivity index (χ1) is 9.19. The van der Waals surface area contributed by atoms with Crippen LogP contribution < -0.4 is 15.8 Å². The van der Waals surface area contributed by atoms with Crippen molar-refractivity contribution >= 4 is 29.2 Å². The molecular formula is C13H17ClN2O4. The average molecular weight is 301 g/mol. The average Bonchev–Trinajstić information content (AvgIpc) is 2.33. The quantitative estimate of drug-likeness (QED) is 0.721. The summed E-state index contributed by atoms with van der Waals surface area (Å²) in [5.74, 6) is -1.49. The summed E-state index contributed by atoms with van der Waals surface area (Å²) in [6.07, 6.45) is 0. The largest absolute Gasteiger partial charge is 0.493 e. The highest BCUT2D eigenvalue weighted by Crippen LogP contribution is 2.29. The predicted octanol–water partition coefficient (Wildman–Crippen LogP) is 1.91. The minimum atomic E-state index is -1.41. The number of rotatable bonds is 5. The molecule has 7 heteroatoms. The fourth-order valence-corrected chi connectivity index (χ4v) is 1.59. The summed E-state index contributed by atoms with van der Waals surface area (Å²) in [7, 11) is 0. The SMILES string of the molecule is CCOc1cc(N)c(Cl)cc1C(=O)NC(C)(C)C(=O)O. The van der Waals surface area contributed by atoms with Gasteiger partial charge in [-0.1, -0.05) is 11.6 Å². The highest BCUT2D eigenvalue weighted by atomic mass is 35.5. The molecular weight excluding hydrogens is 284 g/mol. The number of aliphatic carboxylic acids is 1. The summed E-state index contributed by atoms with van der Waals surface area (Å²) in [5.41, 5.74) is 4.67. The number of nitrogens with one attached hydrogen (secondary N) is 1. The number of nitrogen functional groups attached to an aromatic ring is 1. The number of carbonyl (C=O) groups is 2. The normalized spacial score (nSPS) is 11.0. The van der Waals surface area contributed by atoms with Gasteiger partial charge in [0, 0.05) is 6.07 Å². The van der Waals surface area contributed by atoms with Crippen molar-refractivity contribution in [2.45, 2.75) is 26.3 Å². The van der Waals surface area contributed by atoms with Crippen LogP contribution >= 0.6 is 11.6 Å². The van der Waals surface area contributed by atoms with E-state index in [2.05, 4.69) is 5.32 Å². The van der Waals surface area contributed by atoms with Crippen LogP contribution in [0.5, 0.6) is 5.75 Å². The van der Waals surface area contributed by atoms with Gasteiger partial charge in [-0.05, 0) is 26.8 Å². The Balaban J connectivity index is 3.15. The molecule has 0 aliphatic rings. The Kier molecular flexibility index (Phi) is 4.83. The molecule has 0 saturated carbocycles. The van der Waals surface area contributed by atoms with Crippen LogP contribution in [0.4, 0.5) is 5.69 Å². The summed E-state index contributed by atoms with van der Waals surface area (Å²) >= 11 is 5.89. The fourth-order valence-electron chi connectivity index (χ4n) is 1.43. The lowest BCUT2D eigenvalue weighted by molar-refractivity contribution is -0.143. The molecule has 0 heterocycles. The van der Waals surface area contributed by atoms with E-state index in [-0.39, 0.29) is 22.0 Å². The number of nitrogens with two attached hydrogens (primary N) is 1. The van der Waals surface area contributed by atoms with Crippen molar-refractivity contribution in [2.24, 2.45) is 0 Å². The Bertz CT molecular complexity index is 543. The number of amides is 1. The second-order valence-electron chi connectivity index (χ2n) is 4.69. The summed E-state index contributed by atoms with van der Waals surface area (Å²) in [5, 5.41) is 11.6. The molecule has 1 aromatic carbocycles. The Morgan fingerprint density at radius 2 is 2.05 bits per heavy atom. The van der Waals surface area contributed by atoms with Gasteiger partial charge in [0.1, 0.15) is 11.3 Å². The van der Waals surface area contributed by atoms with Crippen LogP contribution in [0.25, 0.3) is 0 Å².